The average Bonchev–Trinajstić information content (AvgIpc) is 3.83. The molecule has 0 radical (unpaired) electrons. The maximum Gasteiger partial charge on any atom is 0.336 e. The van der Waals surface area contributed by atoms with Crippen LogP contribution in [-0.4, -0.2) is 121 Å². The van der Waals surface area contributed by atoms with Crippen molar-refractivity contribution in [3.8, 4) is 5.75 Å². The van der Waals surface area contributed by atoms with Crippen molar-refractivity contribution in [3.05, 3.63) is 79.2 Å². The summed E-state index contributed by atoms with van der Waals surface area (Å²) in [6, 6.07) is 5.37. The van der Waals surface area contributed by atoms with Crippen molar-refractivity contribution in [2.24, 2.45) is 29.2 Å². The van der Waals surface area contributed by atoms with Gasteiger partial charge >= 0.3 is 5.63 Å². The number of ether oxygens (including phenoxy) is 1. The average molecular weight is 1020 g/mol. The van der Waals surface area contributed by atoms with E-state index >= 15 is 0 Å². The topological polar surface area (TPSA) is 417 Å². The van der Waals surface area contributed by atoms with Gasteiger partial charge in [-0.1, -0.05) is 27.7 Å². The molecule has 2 aromatic carbocycles. The Kier molecular flexibility index (Phi) is 23.1. The number of primary amides is 1. The van der Waals surface area contributed by atoms with Crippen molar-refractivity contribution < 1.29 is 52.6 Å². The zero-order valence-corrected chi connectivity index (χ0v) is 41.4. The number of benzene rings is 2. The number of nitrogens with one attached hydrogen (secondary N) is 9. The third kappa shape index (κ3) is 19.8. The van der Waals surface area contributed by atoms with E-state index in [2.05, 4.69) is 42.5 Å². The number of nitrogens with two attached hydrogens (primary N) is 2. The highest BCUT2D eigenvalue weighted by molar-refractivity contribution is 5.96. The summed E-state index contributed by atoms with van der Waals surface area (Å²) in [6.07, 6.45) is 0.754. The van der Waals surface area contributed by atoms with Crippen LogP contribution < -0.4 is 64.4 Å². The molecule has 1 fully saturated rings. The zero-order valence-electron chi connectivity index (χ0n) is 41.4. The number of carbonyl (C=O) groups excluding carboxylic acids is 7. The lowest BCUT2D eigenvalue weighted by Crippen LogP contribution is -2.59. The number of hydrogen-bond acceptors (Lipinski definition) is 17. The third-order valence-corrected chi connectivity index (χ3v) is 11.1. The van der Waals surface area contributed by atoms with Gasteiger partial charge in [0.2, 0.25) is 35.4 Å². The number of nitro benzene ring substituents is 2. The number of carbonyl (C=O) groups is 7. The molecule has 0 aliphatic carbocycles. The van der Waals surface area contributed by atoms with Gasteiger partial charge in [0.05, 0.1) is 35.6 Å². The summed E-state index contributed by atoms with van der Waals surface area (Å²) < 4.78 is 9.97. The number of amides is 6. The second-order valence-electron chi connectivity index (χ2n) is 17.9. The molecular formula is C46H65N13O14. The minimum absolute atomic E-state index is 0.0134. The molecule has 1 saturated heterocycles. The van der Waals surface area contributed by atoms with Gasteiger partial charge in [-0.2, -0.15) is 0 Å². The van der Waals surface area contributed by atoms with E-state index in [-0.39, 0.29) is 79.5 Å². The molecule has 1 aromatic heterocycles. The summed E-state index contributed by atoms with van der Waals surface area (Å²) in [7, 11) is 1.57. The van der Waals surface area contributed by atoms with Crippen LogP contribution in [-0.2, 0) is 33.6 Å². The standard InChI is InChI=1S/C36H57N13O11.C10H8O3/c1-18(2)11-26(46-33(54)25-13-21(15-41-25)20(5)50)32(53)43-17-30(51)44-27(12-19(3)4)34(55)47-28(35(56)45-24(31(37)52)7-6-10-40-36(38)39)16-42-23-9-8-22(48(57)58)14-29(23)49(59)60;1-12-8-4-2-7-3-5-10(11)13-9(7)6-8/h8-9,14,18-19,21,24-28,41-42H,6-7,10-13,15-17H2,1-5H3,(H2,37,52)(H,43,53)(H,44,51)(H,45,56)(H,46,54)(H,47,55)(H4,38,39,40);2-6H,1H3/t21?,24-,25-,26-,27-,28-;/m0./s1. The van der Waals surface area contributed by atoms with Gasteiger partial charge in [0.15, 0.2) is 5.96 Å². The van der Waals surface area contributed by atoms with Crippen molar-refractivity contribution in [2.45, 2.75) is 96.9 Å². The summed E-state index contributed by atoms with van der Waals surface area (Å²) in [5.74, 6) is -4.99. The number of nitro groups is 2. The van der Waals surface area contributed by atoms with Crippen LogP contribution >= 0.6 is 0 Å². The van der Waals surface area contributed by atoms with E-state index in [4.69, 9.17) is 26.0 Å². The highest BCUT2D eigenvalue weighted by Gasteiger charge is 2.35. The van der Waals surface area contributed by atoms with Crippen molar-refractivity contribution in [2.75, 3.05) is 38.6 Å². The van der Waals surface area contributed by atoms with Crippen LogP contribution in [0.3, 0.4) is 0 Å². The Bertz CT molecular complexity index is 2550. The van der Waals surface area contributed by atoms with Crippen LogP contribution in [0.2, 0.25) is 0 Å². The number of anilines is 1. The number of hydrogen-bond donors (Lipinski definition) is 11. The van der Waals surface area contributed by atoms with Crippen LogP contribution in [0.4, 0.5) is 17.1 Å². The number of ketones is 1. The van der Waals surface area contributed by atoms with Crippen molar-refractivity contribution in [1.29, 1.82) is 5.41 Å². The van der Waals surface area contributed by atoms with Gasteiger partial charge in [-0.3, -0.25) is 59.2 Å². The molecule has 73 heavy (non-hydrogen) atoms. The Morgan fingerprint density at radius 2 is 1.45 bits per heavy atom. The number of nitrogens with zero attached hydrogens (tertiary/aromatic N) is 2. The molecule has 1 unspecified atom stereocenters. The number of Topliss-reactive ketones (excluding diaryl/α,β-unsaturated/α-hetero) is 1. The second kappa shape index (κ2) is 28.6. The van der Waals surface area contributed by atoms with E-state index in [1.807, 2.05) is 26.0 Å². The van der Waals surface area contributed by atoms with Crippen LogP contribution in [0.5, 0.6) is 5.75 Å². The normalized spacial score (nSPS) is 15.5. The monoisotopic (exact) mass is 1020 g/mol. The highest BCUT2D eigenvalue weighted by Crippen LogP contribution is 2.29. The molecule has 13 N–H and O–H groups in total. The summed E-state index contributed by atoms with van der Waals surface area (Å²) in [5, 5.41) is 52.0. The Hall–Kier alpha value is -8.23. The Morgan fingerprint density at radius 1 is 0.822 bits per heavy atom. The molecule has 398 valence electrons. The highest BCUT2D eigenvalue weighted by atomic mass is 16.6. The Morgan fingerprint density at radius 3 is 2.03 bits per heavy atom. The van der Waals surface area contributed by atoms with Gasteiger partial charge in [-0.15, -0.1) is 0 Å². The smallest absolute Gasteiger partial charge is 0.336 e. The number of fused-ring (bicyclic) bond motifs is 1. The largest absolute Gasteiger partial charge is 0.497 e. The molecule has 1 aliphatic heterocycles. The lowest BCUT2D eigenvalue weighted by Gasteiger charge is -2.26. The maximum atomic E-state index is 13.8. The first kappa shape index (κ1) is 59.1. The van der Waals surface area contributed by atoms with Crippen molar-refractivity contribution in [1.82, 2.24) is 37.2 Å². The molecule has 0 saturated carbocycles. The van der Waals surface area contributed by atoms with Crippen LogP contribution in [0.1, 0.15) is 66.7 Å². The molecule has 27 heteroatoms. The molecular weight excluding hydrogens is 959 g/mol. The predicted molar refractivity (Wildman–Crippen MR) is 266 cm³/mol. The van der Waals surface area contributed by atoms with Gasteiger partial charge in [-0.05, 0) is 75.1 Å². The van der Waals surface area contributed by atoms with Crippen LogP contribution in [0.15, 0.2) is 57.7 Å². The molecule has 2 heterocycles. The van der Waals surface area contributed by atoms with E-state index in [0.29, 0.717) is 23.9 Å². The van der Waals surface area contributed by atoms with E-state index < -0.39 is 100.0 Å². The van der Waals surface area contributed by atoms with E-state index in [1.165, 1.54) is 13.0 Å². The summed E-state index contributed by atoms with van der Waals surface area (Å²) in [4.78, 5) is 123. The SMILES string of the molecule is CC(=O)C1CN[C@H](C(=O)N[C@@H](CC(C)C)C(=O)NCC(=O)N[C@@H](CC(C)C)C(=O)N[C@@H](CNc2ccc([N+](=O)[O-])cc2[N+](=O)[O-])C(=O)N[C@@H](CCCNC(=N)N)C(N)=O)C1.COc1ccc2ccc(=O)oc2c1. The van der Waals surface area contributed by atoms with Crippen LogP contribution in [0, 0.1) is 43.4 Å². The van der Waals surface area contributed by atoms with Gasteiger partial charge in [0.1, 0.15) is 47.0 Å². The minimum atomic E-state index is -1.59. The molecule has 1 aliphatic rings. The lowest BCUT2D eigenvalue weighted by atomic mass is 10.00. The quantitative estimate of drug-likeness (QED) is 0.0128. The molecule has 0 bridgehead atoms. The predicted octanol–water partition coefficient (Wildman–Crippen LogP) is 0.180. The van der Waals surface area contributed by atoms with Crippen molar-refractivity contribution in [3.63, 3.8) is 0 Å². The fourth-order valence-electron chi connectivity index (χ4n) is 7.34. The number of methoxy groups -OCH3 is 1. The van der Waals surface area contributed by atoms with Crippen molar-refractivity contribution >= 4 is 75.2 Å². The Balaban J connectivity index is 0.000000924. The maximum absolute atomic E-state index is 13.8. The number of rotatable bonds is 26. The first-order chi connectivity index (χ1) is 34.4. The molecule has 3 aromatic rings. The first-order valence-electron chi connectivity index (χ1n) is 23.2. The molecule has 0 spiro atoms. The number of guanidine groups is 1. The molecule has 6 amide bonds. The zero-order chi connectivity index (χ0) is 54.5. The second-order valence-corrected chi connectivity index (χ2v) is 17.9. The van der Waals surface area contributed by atoms with E-state index in [9.17, 15) is 58.6 Å². The van der Waals surface area contributed by atoms with Gasteiger partial charge < -0.3 is 63.2 Å². The summed E-state index contributed by atoms with van der Waals surface area (Å²) in [5.41, 5.74) is 9.47. The fourth-order valence-corrected chi connectivity index (χ4v) is 7.34. The molecule has 6 atom stereocenters. The summed E-state index contributed by atoms with van der Waals surface area (Å²) >= 11 is 0. The fraction of sp³-hybridized carbons (Fsp3) is 0.500. The summed E-state index contributed by atoms with van der Waals surface area (Å²) in [6.45, 7) is 7.96. The Labute approximate surface area is 419 Å². The van der Waals surface area contributed by atoms with Crippen LogP contribution in [0.25, 0.3) is 11.0 Å². The van der Waals surface area contributed by atoms with E-state index in [1.54, 1.807) is 33.1 Å². The first-order valence-corrected chi connectivity index (χ1v) is 23.2. The lowest BCUT2D eigenvalue weighted by molar-refractivity contribution is -0.393. The minimum Gasteiger partial charge on any atom is -0.497 e. The van der Waals surface area contributed by atoms with E-state index in [0.717, 1.165) is 17.5 Å². The molecule has 4 rings (SSSR count). The number of non-ortho nitro benzene ring substituents is 1. The van der Waals surface area contributed by atoms with Gasteiger partial charge in [0, 0.05) is 49.1 Å². The third-order valence-electron chi connectivity index (χ3n) is 11.1. The van der Waals surface area contributed by atoms with Gasteiger partial charge in [0.25, 0.3) is 11.4 Å². The molecule has 27 nitrogen and oxygen atoms in total. The van der Waals surface area contributed by atoms with Gasteiger partial charge in [-0.25, -0.2) is 4.79 Å².